The van der Waals surface area contributed by atoms with E-state index < -0.39 is 23.1 Å². The van der Waals surface area contributed by atoms with Crippen LogP contribution in [0.2, 0.25) is 0 Å². The zero-order chi connectivity index (χ0) is 14.5. The van der Waals surface area contributed by atoms with Gasteiger partial charge >= 0.3 is 0 Å². The van der Waals surface area contributed by atoms with E-state index in [1.54, 1.807) is 37.3 Å². The molecule has 2 aromatic rings. The maximum atomic E-state index is 14.0. The first-order chi connectivity index (χ1) is 9.63. The van der Waals surface area contributed by atoms with Gasteiger partial charge in [-0.2, -0.15) is 0 Å². The second kappa shape index (κ2) is 6.14. The molecule has 0 fully saturated rings. The molecule has 0 aliphatic heterocycles. The minimum Gasteiger partial charge on any atom is -0.491 e. The van der Waals surface area contributed by atoms with Gasteiger partial charge in [0.05, 0.1) is 6.61 Å². The monoisotopic (exact) mass is 277 g/mol. The molecule has 0 saturated carbocycles. The van der Waals surface area contributed by atoms with E-state index in [0.717, 1.165) is 12.1 Å². The number of benzene rings is 2. The highest BCUT2D eigenvalue weighted by Crippen LogP contribution is 2.24. The Morgan fingerprint density at radius 3 is 2.50 bits per heavy atom. The summed E-state index contributed by atoms with van der Waals surface area (Å²) in [5, 5.41) is 2.43. The predicted octanol–water partition coefficient (Wildman–Crippen LogP) is 3.62. The summed E-state index contributed by atoms with van der Waals surface area (Å²) in [6.07, 6.45) is 0. The summed E-state index contributed by atoms with van der Waals surface area (Å²) in [5.74, 6) is -2.93. The molecule has 1 amide bonds. The van der Waals surface area contributed by atoms with E-state index in [0.29, 0.717) is 5.69 Å². The summed E-state index contributed by atoms with van der Waals surface area (Å²) in [6, 6.07) is 10.6. The molecule has 0 aromatic heterocycles. The second-order valence-electron chi connectivity index (χ2n) is 3.99. The summed E-state index contributed by atoms with van der Waals surface area (Å²) in [7, 11) is 0. The minimum absolute atomic E-state index is 0.146. The van der Waals surface area contributed by atoms with Crippen LogP contribution in [0.25, 0.3) is 0 Å². The number of amides is 1. The van der Waals surface area contributed by atoms with Gasteiger partial charge in [-0.3, -0.25) is 4.79 Å². The van der Waals surface area contributed by atoms with Gasteiger partial charge in [-0.25, -0.2) is 8.78 Å². The quantitative estimate of drug-likeness (QED) is 0.927. The van der Waals surface area contributed by atoms with Crippen molar-refractivity contribution in [3.8, 4) is 5.75 Å². The summed E-state index contributed by atoms with van der Waals surface area (Å²) < 4.78 is 32.7. The lowest BCUT2D eigenvalue weighted by Gasteiger charge is -2.10. The lowest BCUT2D eigenvalue weighted by molar-refractivity contribution is 0.101. The zero-order valence-corrected chi connectivity index (χ0v) is 10.8. The van der Waals surface area contributed by atoms with E-state index >= 15 is 0 Å². The van der Waals surface area contributed by atoms with Gasteiger partial charge in [0.1, 0.15) is 11.4 Å². The molecular weight excluding hydrogens is 264 g/mol. The topological polar surface area (TPSA) is 38.3 Å². The van der Waals surface area contributed by atoms with E-state index in [1.807, 2.05) is 0 Å². The molecular formula is C15H13F2NO2. The van der Waals surface area contributed by atoms with Crippen LogP contribution in [0.1, 0.15) is 17.3 Å². The highest BCUT2D eigenvalue weighted by atomic mass is 19.1. The molecule has 2 rings (SSSR count). The largest absolute Gasteiger partial charge is 0.491 e. The van der Waals surface area contributed by atoms with Crippen molar-refractivity contribution < 1.29 is 18.3 Å². The summed E-state index contributed by atoms with van der Waals surface area (Å²) in [6.45, 7) is 1.90. The molecule has 0 heterocycles. The van der Waals surface area contributed by atoms with Crippen LogP contribution in [0.5, 0.6) is 5.75 Å². The van der Waals surface area contributed by atoms with E-state index in [4.69, 9.17) is 4.74 Å². The van der Waals surface area contributed by atoms with Crippen LogP contribution in [0.4, 0.5) is 14.5 Å². The third-order valence-corrected chi connectivity index (χ3v) is 2.61. The molecule has 5 heteroatoms. The van der Waals surface area contributed by atoms with Crippen LogP contribution in [-0.2, 0) is 0 Å². The Hall–Kier alpha value is -2.43. The molecule has 0 spiro atoms. The molecule has 0 radical (unpaired) electrons. The van der Waals surface area contributed by atoms with Gasteiger partial charge in [0.15, 0.2) is 11.6 Å². The van der Waals surface area contributed by atoms with Gasteiger partial charge in [0, 0.05) is 5.69 Å². The van der Waals surface area contributed by atoms with Gasteiger partial charge in [-0.1, -0.05) is 18.2 Å². The van der Waals surface area contributed by atoms with Crippen LogP contribution >= 0.6 is 0 Å². The number of carbonyl (C=O) groups is 1. The molecule has 104 valence electrons. The SMILES string of the molecule is CCOc1ccc(F)c(C(=O)Nc2ccccc2)c1F. The molecule has 1 N–H and O–H groups in total. The lowest BCUT2D eigenvalue weighted by Crippen LogP contribution is -2.16. The van der Waals surface area contributed by atoms with E-state index in [-0.39, 0.29) is 12.4 Å². The van der Waals surface area contributed by atoms with Gasteiger partial charge in [0.2, 0.25) is 0 Å². The van der Waals surface area contributed by atoms with Gasteiger partial charge in [-0.15, -0.1) is 0 Å². The zero-order valence-electron chi connectivity index (χ0n) is 10.8. The maximum absolute atomic E-state index is 14.0. The minimum atomic E-state index is -1.000. The number of nitrogens with one attached hydrogen (secondary N) is 1. The Morgan fingerprint density at radius 1 is 1.15 bits per heavy atom. The second-order valence-corrected chi connectivity index (χ2v) is 3.99. The first-order valence-electron chi connectivity index (χ1n) is 6.10. The Morgan fingerprint density at radius 2 is 1.85 bits per heavy atom. The van der Waals surface area contributed by atoms with Crippen molar-refractivity contribution in [1.82, 2.24) is 0 Å². The average molecular weight is 277 g/mol. The Balaban J connectivity index is 2.32. The fourth-order valence-electron chi connectivity index (χ4n) is 1.72. The van der Waals surface area contributed by atoms with Crippen LogP contribution in [0, 0.1) is 11.6 Å². The number of hydrogen-bond acceptors (Lipinski definition) is 2. The molecule has 0 aliphatic carbocycles. The number of hydrogen-bond donors (Lipinski definition) is 1. The molecule has 0 aliphatic rings. The Kier molecular flexibility index (Phi) is 4.30. The molecule has 0 unspecified atom stereocenters. The van der Waals surface area contributed by atoms with Gasteiger partial charge in [-0.05, 0) is 31.2 Å². The van der Waals surface area contributed by atoms with Crippen molar-refractivity contribution in [3.63, 3.8) is 0 Å². The molecule has 3 nitrogen and oxygen atoms in total. The highest BCUT2D eigenvalue weighted by Gasteiger charge is 2.21. The van der Waals surface area contributed by atoms with Crippen LogP contribution in [-0.4, -0.2) is 12.5 Å². The van der Waals surface area contributed by atoms with E-state index in [2.05, 4.69) is 5.32 Å². The van der Waals surface area contributed by atoms with Crippen molar-refractivity contribution in [3.05, 3.63) is 59.7 Å². The molecule has 2 aromatic carbocycles. The smallest absolute Gasteiger partial charge is 0.261 e. The standard InChI is InChI=1S/C15H13F2NO2/c1-2-20-12-9-8-11(16)13(14(12)17)15(19)18-10-6-4-3-5-7-10/h3-9H,2H2,1H3,(H,18,19). The average Bonchev–Trinajstić information content (AvgIpc) is 2.43. The van der Waals surface area contributed by atoms with Crippen molar-refractivity contribution >= 4 is 11.6 Å². The van der Waals surface area contributed by atoms with E-state index in [1.165, 1.54) is 0 Å². The predicted molar refractivity (Wildman–Crippen MR) is 71.9 cm³/mol. The Bertz CT molecular complexity index is 615. The first-order valence-corrected chi connectivity index (χ1v) is 6.10. The Labute approximate surface area is 115 Å². The van der Waals surface area contributed by atoms with Crippen molar-refractivity contribution in [1.29, 1.82) is 0 Å². The number of rotatable bonds is 4. The first kappa shape index (κ1) is 14.0. The number of ether oxygens (including phenoxy) is 1. The van der Waals surface area contributed by atoms with Crippen LogP contribution in [0.3, 0.4) is 0 Å². The number of anilines is 1. The normalized spacial score (nSPS) is 10.2. The third-order valence-electron chi connectivity index (χ3n) is 2.61. The number of carbonyl (C=O) groups excluding carboxylic acids is 1. The summed E-state index contributed by atoms with van der Waals surface area (Å²) >= 11 is 0. The lowest BCUT2D eigenvalue weighted by atomic mass is 10.1. The van der Waals surface area contributed by atoms with Crippen LogP contribution < -0.4 is 10.1 Å². The molecule has 0 atom stereocenters. The van der Waals surface area contributed by atoms with Crippen molar-refractivity contribution in [2.45, 2.75) is 6.92 Å². The van der Waals surface area contributed by atoms with Crippen LogP contribution in [0.15, 0.2) is 42.5 Å². The fourth-order valence-corrected chi connectivity index (χ4v) is 1.72. The van der Waals surface area contributed by atoms with Gasteiger partial charge in [0.25, 0.3) is 5.91 Å². The maximum Gasteiger partial charge on any atom is 0.261 e. The molecule has 0 saturated heterocycles. The fraction of sp³-hybridized carbons (Fsp3) is 0.133. The third kappa shape index (κ3) is 2.93. The number of para-hydroxylation sites is 1. The van der Waals surface area contributed by atoms with Crippen molar-refractivity contribution in [2.75, 3.05) is 11.9 Å². The highest BCUT2D eigenvalue weighted by molar-refractivity contribution is 6.04. The molecule has 0 bridgehead atoms. The molecule has 20 heavy (non-hydrogen) atoms. The van der Waals surface area contributed by atoms with E-state index in [9.17, 15) is 13.6 Å². The van der Waals surface area contributed by atoms with Crippen molar-refractivity contribution in [2.24, 2.45) is 0 Å². The van der Waals surface area contributed by atoms with Gasteiger partial charge < -0.3 is 10.1 Å². The summed E-state index contributed by atoms with van der Waals surface area (Å²) in [5.41, 5.74) is -0.196. The summed E-state index contributed by atoms with van der Waals surface area (Å²) in [4.78, 5) is 12.0. The number of halogens is 2.